The van der Waals surface area contributed by atoms with Gasteiger partial charge in [0.2, 0.25) is 5.69 Å². The lowest BCUT2D eigenvalue weighted by atomic mass is 10.2. The van der Waals surface area contributed by atoms with E-state index >= 15 is 0 Å². The maximum Gasteiger partial charge on any atom is 0.363 e. The van der Waals surface area contributed by atoms with Crippen LogP contribution in [0.15, 0.2) is 66.9 Å². The molecule has 0 fully saturated rings. The molecule has 1 unspecified atom stereocenters. The highest BCUT2D eigenvalue weighted by Crippen LogP contribution is 2.21. The molecule has 0 saturated heterocycles. The van der Waals surface area contributed by atoms with Crippen molar-refractivity contribution in [3.05, 3.63) is 72.6 Å². The van der Waals surface area contributed by atoms with E-state index in [0.717, 1.165) is 5.69 Å². The fourth-order valence-corrected chi connectivity index (χ4v) is 2.68. The molecule has 7 heteroatoms. The highest BCUT2D eigenvalue weighted by Gasteiger charge is 2.27. The van der Waals surface area contributed by atoms with Gasteiger partial charge in [-0.25, -0.2) is 9.48 Å². The number of likely N-dealkylation sites (N-methyl/N-ethyl adjacent to an activating group) is 1. The molecular weight excluding hydrogens is 358 g/mol. The maximum absolute atomic E-state index is 12.6. The number of para-hydroxylation sites is 2. The standard InChI is InChI=1S/C21H21N3O4/c1-15(20(25)23(2)16-10-6-4-7-11-16)28-21(26)19-18(27-3)14-24(22-19)17-12-8-5-9-13-17/h4-15H,1-3H3. The highest BCUT2D eigenvalue weighted by molar-refractivity contribution is 5.98. The van der Waals surface area contributed by atoms with Crippen molar-refractivity contribution in [1.29, 1.82) is 0 Å². The number of hydrogen-bond acceptors (Lipinski definition) is 5. The summed E-state index contributed by atoms with van der Waals surface area (Å²) in [5.41, 5.74) is 1.49. The smallest absolute Gasteiger partial charge is 0.363 e. The SMILES string of the molecule is COc1cn(-c2ccccc2)nc1C(=O)OC(C)C(=O)N(C)c1ccccc1. The number of carbonyl (C=O) groups is 2. The summed E-state index contributed by atoms with van der Waals surface area (Å²) in [4.78, 5) is 26.6. The largest absolute Gasteiger partial charge is 0.493 e. The molecule has 1 aromatic heterocycles. The van der Waals surface area contributed by atoms with E-state index in [1.54, 1.807) is 25.4 Å². The third-order valence-corrected chi connectivity index (χ3v) is 4.22. The third kappa shape index (κ3) is 4.03. The van der Waals surface area contributed by atoms with Crippen LogP contribution in [0, 0.1) is 0 Å². The molecule has 3 aromatic rings. The number of aromatic nitrogens is 2. The molecule has 28 heavy (non-hydrogen) atoms. The van der Waals surface area contributed by atoms with Crippen LogP contribution in [0.25, 0.3) is 5.69 Å². The van der Waals surface area contributed by atoms with E-state index < -0.39 is 12.1 Å². The van der Waals surface area contributed by atoms with E-state index in [1.165, 1.54) is 23.6 Å². The number of methoxy groups -OCH3 is 1. The lowest BCUT2D eigenvalue weighted by Crippen LogP contribution is -2.37. The second kappa shape index (κ2) is 8.39. The summed E-state index contributed by atoms with van der Waals surface area (Å²) in [5.74, 6) is -0.806. The summed E-state index contributed by atoms with van der Waals surface area (Å²) >= 11 is 0. The summed E-state index contributed by atoms with van der Waals surface area (Å²) in [5, 5.41) is 4.26. The molecule has 3 rings (SSSR count). The Labute approximate surface area is 163 Å². The van der Waals surface area contributed by atoms with Crippen molar-refractivity contribution in [3.8, 4) is 11.4 Å². The van der Waals surface area contributed by atoms with Gasteiger partial charge in [-0.2, -0.15) is 5.10 Å². The molecule has 0 radical (unpaired) electrons. The summed E-state index contributed by atoms with van der Waals surface area (Å²) in [6.45, 7) is 1.53. The number of carbonyl (C=O) groups excluding carboxylic acids is 2. The fraction of sp³-hybridized carbons (Fsp3) is 0.190. The predicted octanol–water partition coefficient (Wildman–Crippen LogP) is 3.09. The van der Waals surface area contributed by atoms with Crippen molar-refractivity contribution in [2.24, 2.45) is 0 Å². The zero-order valence-corrected chi connectivity index (χ0v) is 15.9. The summed E-state index contributed by atoms with van der Waals surface area (Å²) in [7, 11) is 3.08. The number of nitrogens with zero attached hydrogens (tertiary/aromatic N) is 3. The normalized spacial score (nSPS) is 11.5. The Morgan fingerprint density at radius 2 is 1.64 bits per heavy atom. The number of esters is 1. The van der Waals surface area contributed by atoms with Gasteiger partial charge in [0.1, 0.15) is 0 Å². The molecule has 0 saturated carbocycles. The van der Waals surface area contributed by atoms with Crippen molar-refractivity contribution in [3.63, 3.8) is 0 Å². The maximum atomic E-state index is 12.6. The molecule has 0 aliphatic carbocycles. The van der Waals surface area contributed by atoms with Crippen LogP contribution >= 0.6 is 0 Å². The second-order valence-corrected chi connectivity index (χ2v) is 6.11. The Morgan fingerprint density at radius 1 is 1.04 bits per heavy atom. The predicted molar refractivity (Wildman–Crippen MR) is 105 cm³/mol. The van der Waals surface area contributed by atoms with Crippen molar-refractivity contribution in [2.45, 2.75) is 13.0 Å². The Kier molecular flexibility index (Phi) is 5.74. The van der Waals surface area contributed by atoms with Crippen LogP contribution in [0.2, 0.25) is 0 Å². The molecule has 2 aromatic carbocycles. The van der Waals surface area contributed by atoms with Gasteiger partial charge >= 0.3 is 5.97 Å². The lowest BCUT2D eigenvalue weighted by molar-refractivity contribution is -0.126. The van der Waals surface area contributed by atoms with Crippen LogP contribution in [0.5, 0.6) is 5.75 Å². The average Bonchev–Trinajstić information content (AvgIpc) is 3.18. The van der Waals surface area contributed by atoms with Crippen molar-refractivity contribution in [1.82, 2.24) is 9.78 Å². The zero-order chi connectivity index (χ0) is 20.1. The van der Waals surface area contributed by atoms with Crippen LogP contribution in [-0.4, -0.2) is 41.9 Å². The first-order chi connectivity index (χ1) is 13.5. The number of benzene rings is 2. The molecule has 1 heterocycles. The molecule has 7 nitrogen and oxygen atoms in total. The van der Waals surface area contributed by atoms with E-state index in [1.807, 2.05) is 48.5 Å². The van der Waals surface area contributed by atoms with Crippen molar-refractivity contribution in [2.75, 3.05) is 19.1 Å². The summed E-state index contributed by atoms with van der Waals surface area (Å²) in [6, 6.07) is 18.4. The molecule has 0 N–H and O–H groups in total. The Balaban J connectivity index is 1.75. The van der Waals surface area contributed by atoms with Gasteiger partial charge in [-0.3, -0.25) is 4.79 Å². The van der Waals surface area contributed by atoms with Crippen LogP contribution in [0.1, 0.15) is 17.4 Å². The molecule has 144 valence electrons. The lowest BCUT2D eigenvalue weighted by Gasteiger charge is -2.21. The van der Waals surface area contributed by atoms with Crippen LogP contribution in [0.4, 0.5) is 5.69 Å². The molecule has 0 bridgehead atoms. The first kappa shape index (κ1) is 19.2. The van der Waals surface area contributed by atoms with Gasteiger partial charge in [0, 0.05) is 12.7 Å². The Hall–Kier alpha value is -3.61. The van der Waals surface area contributed by atoms with Gasteiger partial charge in [0.15, 0.2) is 11.9 Å². The molecule has 0 aliphatic rings. The molecular formula is C21H21N3O4. The highest BCUT2D eigenvalue weighted by atomic mass is 16.6. The van der Waals surface area contributed by atoms with Gasteiger partial charge in [0.05, 0.1) is 19.0 Å². The van der Waals surface area contributed by atoms with Crippen molar-refractivity contribution >= 4 is 17.6 Å². The van der Waals surface area contributed by atoms with E-state index in [9.17, 15) is 9.59 Å². The van der Waals surface area contributed by atoms with Gasteiger partial charge in [-0.05, 0) is 31.2 Å². The summed E-state index contributed by atoms with van der Waals surface area (Å²) in [6.07, 6.45) is 0.610. The van der Waals surface area contributed by atoms with Gasteiger partial charge < -0.3 is 14.4 Å². The minimum atomic E-state index is -0.982. The van der Waals surface area contributed by atoms with Crippen LogP contribution in [0.3, 0.4) is 0 Å². The number of rotatable bonds is 6. The van der Waals surface area contributed by atoms with Gasteiger partial charge in [0.25, 0.3) is 5.91 Å². The zero-order valence-electron chi connectivity index (χ0n) is 15.9. The van der Waals surface area contributed by atoms with Crippen LogP contribution < -0.4 is 9.64 Å². The van der Waals surface area contributed by atoms with Gasteiger partial charge in [-0.15, -0.1) is 0 Å². The number of ether oxygens (including phenoxy) is 2. The third-order valence-electron chi connectivity index (χ3n) is 4.22. The van der Waals surface area contributed by atoms with Crippen LogP contribution in [-0.2, 0) is 9.53 Å². The minimum Gasteiger partial charge on any atom is -0.493 e. The first-order valence-electron chi connectivity index (χ1n) is 8.74. The van der Waals surface area contributed by atoms with E-state index in [-0.39, 0.29) is 17.4 Å². The summed E-state index contributed by atoms with van der Waals surface area (Å²) < 4.78 is 12.1. The Morgan fingerprint density at radius 3 is 2.25 bits per heavy atom. The minimum absolute atomic E-state index is 0.00775. The molecule has 1 amide bonds. The molecule has 0 aliphatic heterocycles. The topological polar surface area (TPSA) is 73.7 Å². The molecule has 0 spiro atoms. The Bertz CT molecular complexity index is 954. The van der Waals surface area contributed by atoms with E-state index in [0.29, 0.717) is 5.69 Å². The number of amides is 1. The average molecular weight is 379 g/mol. The van der Waals surface area contributed by atoms with E-state index in [4.69, 9.17) is 9.47 Å². The van der Waals surface area contributed by atoms with Crippen molar-refractivity contribution < 1.29 is 19.1 Å². The number of hydrogen-bond donors (Lipinski definition) is 0. The quantitative estimate of drug-likeness (QED) is 0.616. The second-order valence-electron chi connectivity index (χ2n) is 6.11. The van der Waals surface area contributed by atoms with E-state index in [2.05, 4.69) is 5.10 Å². The fourth-order valence-electron chi connectivity index (χ4n) is 2.68. The molecule has 1 atom stereocenters. The first-order valence-corrected chi connectivity index (χ1v) is 8.74. The van der Waals surface area contributed by atoms with Gasteiger partial charge in [-0.1, -0.05) is 36.4 Å². The monoisotopic (exact) mass is 379 g/mol. The number of anilines is 1.